The highest BCUT2D eigenvalue weighted by Crippen LogP contribution is 2.19. The Bertz CT molecular complexity index is 776. The number of aryl methyl sites for hydroxylation is 1. The summed E-state index contributed by atoms with van der Waals surface area (Å²) in [7, 11) is 0. The summed E-state index contributed by atoms with van der Waals surface area (Å²) < 4.78 is 0. The molecule has 2 aromatic rings. The zero-order chi connectivity index (χ0) is 17.1. The van der Waals surface area contributed by atoms with E-state index in [1.807, 2.05) is 49.4 Å². The SMILES string of the molecule is Cc1ccc(CNc2cccc(CN3C(=O)CNC3=O)c2)cc1Cl. The number of urea groups is 1. The van der Waals surface area contributed by atoms with Crippen molar-refractivity contribution in [1.82, 2.24) is 10.2 Å². The van der Waals surface area contributed by atoms with Crippen LogP contribution in [0, 0.1) is 6.92 Å². The van der Waals surface area contributed by atoms with Crippen LogP contribution >= 0.6 is 11.6 Å². The van der Waals surface area contributed by atoms with Crippen LogP contribution in [-0.4, -0.2) is 23.4 Å². The zero-order valence-corrected chi connectivity index (χ0v) is 14.1. The third-order valence-corrected chi connectivity index (χ3v) is 4.34. The molecule has 3 amide bonds. The highest BCUT2D eigenvalue weighted by Gasteiger charge is 2.28. The number of nitrogens with zero attached hydrogens (tertiary/aromatic N) is 1. The van der Waals surface area contributed by atoms with Gasteiger partial charge in [-0.15, -0.1) is 0 Å². The van der Waals surface area contributed by atoms with E-state index in [4.69, 9.17) is 11.6 Å². The molecule has 0 radical (unpaired) electrons. The molecule has 124 valence electrons. The van der Waals surface area contributed by atoms with E-state index in [1.54, 1.807) is 0 Å². The number of hydrogen-bond donors (Lipinski definition) is 2. The highest BCUT2D eigenvalue weighted by atomic mass is 35.5. The molecule has 0 atom stereocenters. The number of nitrogens with one attached hydrogen (secondary N) is 2. The molecule has 0 saturated carbocycles. The first-order valence-electron chi connectivity index (χ1n) is 7.69. The maximum Gasteiger partial charge on any atom is 0.324 e. The summed E-state index contributed by atoms with van der Waals surface area (Å²) in [6.45, 7) is 2.97. The molecule has 1 saturated heterocycles. The topological polar surface area (TPSA) is 61.4 Å². The van der Waals surface area contributed by atoms with Gasteiger partial charge in [0.2, 0.25) is 5.91 Å². The minimum absolute atomic E-state index is 0.0744. The maximum absolute atomic E-state index is 11.7. The van der Waals surface area contributed by atoms with Crippen LogP contribution < -0.4 is 10.6 Å². The van der Waals surface area contributed by atoms with Gasteiger partial charge in [0.1, 0.15) is 0 Å². The molecule has 0 unspecified atom stereocenters. The largest absolute Gasteiger partial charge is 0.381 e. The second-order valence-corrected chi connectivity index (χ2v) is 6.18. The summed E-state index contributed by atoms with van der Waals surface area (Å²) in [5.74, 6) is -0.201. The Morgan fingerprint density at radius 2 is 2.00 bits per heavy atom. The predicted octanol–water partition coefficient (Wildman–Crippen LogP) is 3.31. The predicted molar refractivity (Wildman–Crippen MR) is 93.9 cm³/mol. The van der Waals surface area contributed by atoms with Gasteiger partial charge in [-0.25, -0.2) is 4.79 Å². The van der Waals surface area contributed by atoms with E-state index in [0.717, 1.165) is 27.4 Å². The van der Waals surface area contributed by atoms with E-state index in [9.17, 15) is 9.59 Å². The van der Waals surface area contributed by atoms with Crippen LogP contribution in [0.5, 0.6) is 0 Å². The van der Waals surface area contributed by atoms with Gasteiger partial charge in [-0.2, -0.15) is 0 Å². The molecular weight excluding hydrogens is 326 g/mol. The van der Waals surface area contributed by atoms with E-state index >= 15 is 0 Å². The molecule has 1 fully saturated rings. The molecule has 0 spiro atoms. The summed E-state index contributed by atoms with van der Waals surface area (Å²) in [4.78, 5) is 24.5. The third kappa shape index (κ3) is 3.68. The Labute approximate surface area is 145 Å². The van der Waals surface area contributed by atoms with Crippen molar-refractivity contribution < 1.29 is 9.59 Å². The van der Waals surface area contributed by atoms with E-state index in [1.165, 1.54) is 4.90 Å². The summed E-state index contributed by atoms with van der Waals surface area (Å²) in [6, 6.07) is 13.3. The molecule has 1 heterocycles. The zero-order valence-electron chi connectivity index (χ0n) is 13.3. The van der Waals surface area contributed by atoms with E-state index < -0.39 is 0 Å². The number of benzene rings is 2. The van der Waals surface area contributed by atoms with Gasteiger partial charge in [0.25, 0.3) is 0 Å². The van der Waals surface area contributed by atoms with Gasteiger partial charge in [-0.3, -0.25) is 9.69 Å². The standard InChI is InChI=1S/C18H18ClN3O2/c1-12-5-6-13(8-16(12)19)9-20-15-4-2-3-14(7-15)11-22-17(23)10-21-18(22)24/h2-8,20H,9-11H2,1H3,(H,21,24). The number of carbonyl (C=O) groups excluding carboxylic acids is 2. The van der Waals surface area contributed by atoms with Crippen molar-refractivity contribution in [2.75, 3.05) is 11.9 Å². The molecule has 0 aromatic heterocycles. The monoisotopic (exact) mass is 343 g/mol. The van der Waals surface area contributed by atoms with E-state index in [-0.39, 0.29) is 25.0 Å². The molecule has 1 aliphatic rings. The quantitative estimate of drug-likeness (QED) is 0.819. The van der Waals surface area contributed by atoms with Crippen molar-refractivity contribution in [3.63, 3.8) is 0 Å². The minimum atomic E-state index is -0.340. The smallest absolute Gasteiger partial charge is 0.324 e. The molecule has 5 nitrogen and oxygen atoms in total. The fraction of sp³-hybridized carbons (Fsp3) is 0.222. The summed E-state index contributed by atoms with van der Waals surface area (Å²) in [5.41, 5.74) is 3.96. The van der Waals surface area contributed by atoms with Crippen LogP contribution in [0.4, 0.5) is 10.5 Å². The number of anilines is 1. The van der Waals surface area contributed by atoms with Gasteiger partial charge in [-0.1, -0.05) is 35.9 Å². The molecular formula is C18H18ClN3O2. The Balaban J connectivity index is 1.65. The molecule has 2 aromatic carbocycles. The van der Waals surface area contributed by atoms with Gasteiger partial charge in [0.05, 0.1) is 13.1 Å². The maximum atomic E-state index is 11.7. The second-order valence-electron chi connectivity index (χ2n) is 5.78. The molecule has 1 aliphatic heterocycles. The lowest BCUT2D eigenvalue weighted by molar-refractivity contribution is -0.125. The third-order valence-electron chi connectivity index (χ3n) is 3.94. The van der Waals surface area contributed by atoms with E-state index in [2.05, 4.69) is 10.6 Å². The Kier molecular flexibility index (Phi) is 4.71. The molecule has 0 aliphatic carbocycles. The van der Waals surface area contributed by atoms with Gasteiger partial charge in [0.15, 0.2) is 0 Å². The number of halogens is 1. The van der Waals surface area contributed by atoms with Crippen molar-refractivity contribution in [2.24, 2.45) is 0 Å². The van der Waals surface area contributed by atoms with Crippen molar-refractivity contribution in [2.45, 2.75) is 20.0 Å². The minimum Gasteiger partial charge on any atom is -0.381 e. The van der Waals surface area contributed by atoms with Gasteiger partial charge in [-0.05, 0) is 41.8 Å². The number of amides is 3. The number of carbonyl (C=O) groups is 2. The lowest BCUT2D eigenvalue weighted by Gasteiger charge is -2.14. The number of imide groups is 1. The first kappa shape index (κ1) is 16.3. The molecule has 6 heteroatoms. The molecule has 3 rings (SSSR count). The second kappa shape index (κ2) is 6.93. The van der Waals surface area contributed by atoms with Gasteiger partial charge >= 0.3 is 6.03 Å². The van der Waals surface area contributed by atoms with Crippen molar-refractivity contribution in [1.29, 1.82) is 0 Å². The summed E-state index contributed by atoms with van der Waals surface area (Å²) >= 11 is 6.14. The van der Waals surface area contributed by atoms with Gasteiger partial charge < -0.3 is 10.6 Å². The number of rotatable bonds is 5. The Morgan fingerprint density at radius 3 is 2.71 bits per heavy atom. The molecule has 2 N–H and O–H groups in total. The van der Waals surface area contributed by atoms with Crippen LogP contribution in [0.25, 0.3) is 0 Å². The van der Waals surface area contributed by atoms with Crippen molar-refractivity contribution in [3.8, 4) is 0 Å². The van der Waals surface area contributed by atoms with Crippen LogP contribution in [0.2, 0.25) is 5.02 Å². The normalized spacial score (nSPS) is 14.0. The van der Waals surface area contributed by atoms with Crippen molar-refractivity contribution >= 4 is 29.2 Å². The van der Waals surface area contributed by atoms with Crippen LogP contribution in [0.15, 0.2) is 42.5 Å². The van der Waals surface area contributed by atoms with Crippen LogP contribution in [0.3, 0.4) is 0 Å². The van der Waals surface area contributed by atoms with Crippen LogP contribution in [0.1, 0.15) is 16.7 Å². The Hall–Kier alpha value is -2.53. The number of hydrogen-bond acceptors (Lipinski definition) is 3. The lowest BCUT2D eigenvalue weighted by atomic mass is 10.1. The Morgan fingerprint density at radius 1 is 1.17 bits per heavy atom. The average molecular weight is 344 g/mol. The van der Waals surface area contributed by atoms with Gasteiger partial charge in [0, 0.05) is 17.3 Å². The lowest BCUT2D eigenvalue weighted by Crippen LogP contribution is -2.30. The summed E-state index contributed by atoms with van der Waals surface area (Å²) in [6.07, 6.45) is 0. The molecule has 0 bridgehead atoms. The van der Waals surface area contributed by atoms with Crippen molar-refractivity contribution in [3.05, 3.63) is 64.2 Å². The highest BCUT2D eigenvalue weighted by molar-refractivity contribution is 6.31. The molecule has 24 heavy (non-hydrogen) atoms. The fourth-order valence-corrected chi connectivity index (χ4v) is 2.73. The van der Waals surface area contributed by atoms with E-state index in [0.29, 0.717) is 6.54 Å². The fourth-order valence-electron chi connectivity index (χ4n) is 2.53. The summed E-state index contributed by atoms with van der Waals surface area (Å²) in [5, 5.41) is 6.60. The van der Waals surface area contributed by atoms with Crippen LogP contribution in [-0.2, 0) is 17.9 Å². The first-order valence-corrected chi connectivity index (χ1v) is 8.07. The average Bonchev–Trinajstić information content (AvgIpc) is 2.88. The first-order chi connectivity index (χ1) is 11.5.